The number of nitrogens with one attached hydrogen (secondary N) is 2. The maximum Gasteiger partial charge on any atom is 0.225 e. The largest absolute Gasteiger partial charge is 0.326 e. The Hall–Kier alpha value is -2.70. The molecule has 0 fully saturated rings. The highest BCUT2D eigenvalue weighted by Crippen LogP contribution is 2.17. The minimum absolute atomic E-state index is 0.0872. The Labute approximate surface area is 301 Å². The van der Waals surface area contributed by atoms with Gasteiger partial charge in [0.05, 0.1) is 0 Å². The Morgan fingerprint density at radius 1 is 0.429 bits per heavy atom. The van der Waals surface area contributed by atoms with Crippen LogP contribution in [0.2, 0.25) is 0 Å². The van der Waals surface area contributed by atoms with Crippen LogP contribution in [-0.4, -0.2) is 60.9 Å². The molecular weight excluding hydrogens is 604 g/mol. The number of hydrogen-bond donors (Lipinski definition) is 2. The molecule has 2 aromatic carbocycles. The molecule has 276 valence electrons. The molecule has 2 amide bonds. The lowest BCUT2D eigenvalue weighted by Gasteiger charge is -2.22. The van der Waals surface area contributed by atoms with Crippen molar-refractivity contribution >= 4 is 23.2 Å². The zero-order chi connectivity index (χ0) is 35.4. The Balaban J connectivity index is 1.77. The van der Waals surface area contributed by atoms with Crippen molar-refractivity contribution in [2.75, 3.05) is 49.9 Å². The van der Waals surface area contributed by atoms with Crippen LogP contribution in [-0.2, 0) is 16.0 Å². The molecule has 0 aliphatic heterocycles. The smallest absolute Gasteiger partial charge is 0.225 e. The van der Waals surface area contributed by atoms with Crippen molar-refractivity contribution < 1.29 is 9.59 Å². The quantitative estimate of drug-likeness (QED) is 0.0808. The monoisotopic (exact) mass is 677 g/mol. The van der Waals surface area contributed by atoms with Crippen LogP contribution in [0.15, 0.2) is 48.5 Å². The summed E-state index contributed by atoms with van der Waals surface area (Å²) in [5.74, 6) is 0.174. The maximum absolute atomic E-state index is 12.8. The number of hydrogen-bond acceptors (Lipinski definition) is 4. The third-order valence-corrected chi connectivity index (χ3v) is 9.51. The number of benzene rings is 2. The molecule has 2 N–H and O–H groups in total. The van der Waals surface area contributed by atoms with Crippen molar-refractivity contribution in [3.63, 3.8) is 0 Å². The van der Waals surface area contributed by atoms with E-state index in [4.69, 9.17) is 0 Å². The van der Waals surface area contributed by atoms with Crippen molar-refractivity contribution in [2.24, 2.45) is 0 Å². The van der Waals surface area contributed by atoms with Gasteiger partial charge in [-0.1, -0.05) is 129 Å². The molecule has 0 atom stereocenters. The van der Waals surface area contributed by atoms with Gasteiger partial charge in [-0.2, -0.15) is 0 Å². The summed E-state index contributed by atoms with van der Waals surface area (Å²) in [5.41, 5.74) is 4.09. The van der Waals surface area contributed by atoms with Crippen molar-refractivity contribution in [2.45, 2.75) is 150 Å². The fourth-order valence-electron chi connectivity index (χ4n) is 6.33. The van der Waals surface area contributed by atoms with Gasteiger partial charge in [-0.15, -0.1) is 0 Å². The first kappa shape index (κ1) is 42.5. The molecule has 0 aromatic heterocycles. The first-order valence-corrected chi connectivity index (χ1v) is 20.2. The summed E-state index contributed by atoms with van der Waals surface area (Å²) < 4.78 is 0. The second kappa shape index (κ2) is 28.0. The molecule has 2 aromatic rings. The molecule has 0 radical (unpaired) electrons. The normalized spacial score (nSPS) is 11.4. The van der Waals surface area contributed by atoms with Gasteiger partial charge in [0.25, 0.3) is 0 Å². The highest BCUT2D eigenvalue weighted by molar-refractivity contribution is 5.91. The molecule has 6 heteroatoms. The van der Waals surface area contributed by atoms with Crippen LogP contribution in [0.4, 0.5) is 11.4 Å². The number of carbonyl (C=O) groups excluding carboxylic acids is 2. The van der Waals surface area contributed by atoms with Crippen LogP contribution in [0.1, 0.15) is 154 Å². The molecular formula is C43H72N4O2. The molecule has 0 saturated carbocycles. The highest BCUT2D eigenvalue weighted by atomic mass is 16.2. The topological polar surface area (TPSA) is 64.7 Å². The van der Waals surface area contributed by atoms with E-state index in [1.54, 1.807) is 0 Å². The van der Waals surface area contributed by atoms with E-state index < -0.39 is 0 Å². The number of nitrogens with zero attached hydrogens (tertiary/aromatic N) is 2. The summed E-state index contributed by atoms with van der Waals surface area (Å²) in [5, 5.41) is 6.21. The third kappa shape index (κ3) is 21.2. The molecule has 49 heavy (non-hydrogen) atoms. The zero-order valence-electron chi connectivity index (χ0n) is 32.0. The van der Waals surface area contributed by atoms with Gasteiger partial charge in [0.2, 0.25) is 11.8 Å². The molecule has 6 nitrogen and oxygen atoms in total. The molecule has 0 saturated heterocycles. The van der Waals surface area contributed by atoms with Gasteiger partial charge in [0, 0.05) is 37.3 Å². The SMILES string of the molecule is CCCCCCN(CCCCCC)CCC(=O)Nc1ccc(Cc2ccc(NC(=O)CCN(CCCCCC)CCCCCC)cc2)cc1. The number of amides is 2. The Bertz CT molecular complexity index is 990. The molecule has 0 unspecified atom stereocenters. The number of anilines is 2. The summed E-state index contributed by atoms with van der Waals surface area (Å²) in [4.78, 5) is 30.6. The first-order valence-electron chi connectivity index (χ1n) is 20.2. The number of rotatable bonds is 30. The average molecular weight is 677 g/mol. The standard InChI is InChI=1S/C43H72N4O2/c1-5-9-13-17-31-46(32-18-14-10-6-2)35-29-42(48)44-40-25-21-38(22-26-40)37-39-23-27-41(28-24-39)45-43(49)30-36-47(33-19-15-11-7-3)34-20-16-12-8-4/h21-28H,5-20,29-37H2,1-4H3,(H,44,48)(H,45,49). The van der Waals surface area contributed by atoms with E-state index in [0.717, 1.165) is 57.1 Å². The molecule has 0 aliphatic rings. The van der Waals surface area contributed by atoms with Crippen molar-refractivity contribution in [1.82, 2.24) is 9.80 Å². The Morgan fingerprint density at radius 3 is 1.02 bits per heavy atom. The van der Waals surface area contributed by atoms with Gasteiger partial charge in [-0.25, -0.2) is 0 Å². The van der Waals surface area contributed by atoms with Gasteiger partial charge in [0.1, 0.15) is 0 Å². The van der Waals surface area contributed by atoms with E-state index in [9.17, 15) is 9.59 Å². The highest BCUT2D eigenvalue weighted by Gasteiger charge is 2.11. The second-order valence-electron chi connectivity index (χ2n) is 14.1. The van der Waals surface area contributed by atoms with E-state index in [1.807, 2.05) is 24.3 Å². The lowest BCUT2D eigenvalue weighted by molar-refractivity contribution is -0.117. The molecule has 0 aliphatic carbocycles. The van der Waals surface area contributed by atoms with E-state index >= 15 is 0 Å². The predicted molar refractivity (Wildman–Crippen MR) is 212 cm³/mol. The fraction of sp³-hybridized carbons (Fsp3) is 0.674. The van der Waals surface area contributed by atoms with Crippen LogP contribution in [0.5, 0.6) is 0 Å². The van der Waals surface area contributed by atoms with Gasteiger partial charge >= 0.3 is 0 Å². The second-order valence-corrected chi connectivity index (χ2v) is 14.1. The predicted octanol–water partition coefficient (Wildman–Crippen LogP) is 10.9. The molecule has 0 heterocycles. The van der Waals surface area contributed by atoms with E-state index in [2.05, 4.69) is 72.4 Å². The van der Waals surface area contributed by atoms with Crippen molar-refractivity contribution in [3.05, 3.63) is 59.7 Å². The van der Waals surface area contributed by atoms with Crippen LogP contribution < -0.4 is 10.6 Å². The van der Waals surface area contributed by atoms with Crippen molar-refractivity contribution in [3.8, 4) is 0 Å². The fourth-order valence-corrected chi connectivity index (χ4v) is 6.33. The number of carbonyl (C=O) groups is 2. The van der Waals surface area contributed by atoms with E-state index in [1.165, 1.54) is 114 Å². The van der Waals surface area contributed by atoms with E-state index in [0.29, 0.717) is 12.8 Å². The summed E-state index contributed by atoms with van der Waals surface area (Å²) in [6.07, 6.45) is 22.0. The average Bonchev–Trinajstić information content (AvgIpc) is 3.11. The zero-order valence-corrected chi connectivity index (χ0v) is 32.0. The van der Waals surface area contributed by atoms with Crippen LogP contribution in [0.25, 0.3) is 0 Å². The summed E-state index contributed by atoms with van der Waals surface area (Å²) in [6.45, 7) is 15.0. The molecule has 0 bridgehead atoms. The number of unbranched alkanes of at least 4 members (excludes halogenated alkanes) is 12. The maximum atomic E-state index is 12.8. The van der Waals surface area contributed by atoms with Gasteiger partial charge < -0.3 is 20.4 Å². The minimum atomic E-state index is 0.0872. The van der Waals surface area contributed by atoms with Crippen LogP contribution in [0, 0.1) is 0 Å². The minimum Gasteiger partial charge on any atom is -0.326 e. The Kier molecular flexibility index (Phi) is 24.3. The first-order chi connectivity index (χ1) is 24.0. The summed E-state index contributed by atoms with van der Waals surface area (Å²) in [6, 6.07) is 16.4. The summed E-state index contributed by atoms with van der Waals surface area (Å²) >= 11 is 0. The third-order valence-electron chi connectivity index (χ3n) is 9.51. The van der Waals surface area contributed by atoms with E-state index in [-0.39, 0.29) is 11.8 Å². The van der Waals surface area contributed by atoms with Crippen LogP contribution in [0.3, 0.4) is 0 Å². The lowest BCUT2D eigenvalue weighted by atomic mass is 10.0. The molecule has 2 rings (SSSR count). The van der Waals surface area contributed by atoms with Crippen LogP contribution >= 0.6 is 0 Å². The molecule has 0 spiro atoms. The summed E-state index contributed by atoms with van der Waals surface area (Å²) in [7, 11) is 0. The van der Waals surface area contributed by atoms with Gasteiger partial charge in [-0.05, 0) is 93.7 Å². The lowest BCUT2D eigenvalue weighted by Crippen LogP contribution is -2.30. The van der Waals surface area contributed by atoms with Gasteiger partial charge in [-0.3, -0.25) is 9.59 Å². The van der Waals surface area contributed by atoms with Crippen molar-refractivity contribution in [1.29, 1.82) is 0 Å². The van der Waals surface area contributed by atoms with Gasteiger partial charge in [0.15, 0.2) is 0 Å². The Morgan fingerprint density at radius 2 is 0.735 bits per heavy atom.